The van der Waals surface area contributed by atoms with Gasteiger partial charge in [-0.25, -0.2) is 13.5 Å². The number of anilines is 1. The highest BCUT2D eigenvalue weighted by Crippen LogP contribution is 2.39. The van der Waals surface area contributed by atoms with E-state index in [9.17, 15) is 18.4 Å². The van der Waals surface area contributed by atoms with E-state index in [0.29, 0.717) is 5.69 Å². The van der Waals surface area contributed by atoms with Gasteiger partial charge in [-0.1, -0.05) is 12.1 Å². The summed E-state index contributed by atoms with van der Waals surface area (Å²) in [5.41, 5.74) is 2.95. The van der Waals surface area contributed by atoms with Crippen LogP contribution in [0.15, 0.2) is 72.9 Å². The largest absolute Gasteiger partial charge is 0.350 e. The van der Waals surface area contributed by atoms with E-state index in [-0.39, 0.29) is 35.8 Å². The third kappa shape index (κ3) is 3.95. The molecule has 0 spiro atoms. The number of hydrogen-bond donors (Lipinski definition) is 1. The van der Waals surface area contributed by atoms with Gasteiger partial charge in [0.25, 0.3) is 0 Å². The topological polar surface area (TPSA) is 67.2 Å². The van der Waals surface area contributed by atoms with Crippen molar-refractivity contribution in [2.75, 3.05) is 4.90 Å². The van der Waals surface area contributed by atoms with Crippen LogP contribution < -0.4 is 10.2 Å². The molecule has 2 heterocycles. The molecule has 2 atom stereocenters. The molecule has 2 unspecified atom stereocenters. The Bertz CT molecular complexity index is 1430. The van der Waals surface area contributed by atoms with Crippen molar-refractivity contribution in [2.45, 2.75) is 31.3 Å². The van der Waals surface area contributed by atoms with Gasteiger partial charge in [-0.15, -0.1) is 0 Å². The van der Waals surface area contributed by atoms with E-state index in [2.05, 4.69) is 10.4 Å². The van der Waals surface area contributed by atoms with E-state index in [0.717, 1.165) is 35.0 Å². The van der Waals surface area contributed by atoms with Gasteiger partial charge in [-0.2, -0.15) is 5.10 Å². The normalized spacial score (nSPS) is 19.9. The van der Waals surface area contributed by atoms with Gasteiger partial charge in [0.15, 0.2) is 0 Å². The molecule has 176 valence electrons. The molecule has 8 heteroatoms. The highest BCUT2D eigenvalue weighted by molar-refractivity contribution is 6.00. The first-order valence-corrected chi connectivity index (χ1v) is 11.6. The summed E-state index contributed by atoms with van der Waals surface area (Å²) in [5, 5.41) is 8.31. The summed E-state index contributed by atoms with van der Waals surface area (Å²) in [6.07, 6.45) is 3.59. The Morgan fingerprint density at radius 3 is 2.26 bits per heavy atom. The number of benzene rings is 3. The Kier molecular flexibility index (Phi) is 5.09. The molecular formula is C27H22F2N4O2. The first-order chi connectivity index (χ1) is 17.0. The number of rotatable bonds is 5. The molecule has 1 aromatic heterocycles. The fraction of sp³-hybridized carbons (Fsp3) is 0.222. The van der Waals surface area contributed by atoms with Gasteiger partial charge in [0.2, 0.25) is 11.8 Å². The zero-order valence-electron chi connectivity index (χ0n) is 18.7. The van der Waals surface area contributed by atoms with Gasteiger partial charge in [0, 0.05) is 23.4 Å². The lowest BCUT2D eigenvalue weighted by molar-refractivity contribution is -0.123. The fourth-order valence-corrected chi connectivity index (χ4v) is 4.81. The smallest absolute Gasteiger partial charge is 0.229 e. The Morgan fingerprint density at radius 2 is 1.57 bits per heavy atom. The molecule has 2 amide bonds. The minimum atomic E-state index is -0.463. The summed E-state index contributed by atoms with van der Waals surface area (Å²) < 4.78 is 28.7. The molecule has 2 fully saturated rings. The Morgan fingerprint density at radius 1 is 0.914 bits per heavy atom. The number of hydrogen-bond acceptors (Lipinski definition) is 3. The number of nitrogens with zero attached hydrogens (tertiary/aromatic N) is 3. The molecule has 1 saturated heterocycles. The molecular weight excluding hydrogens is 450 g/mol. The number of fused-ring (bicyclic) bond motifs is 1. The summed E-state index contributed by atoms with van der Waals surface area (Å²) in [4.78, 5) is 27.5. The van der Waals surface area contributed by atoms with Crippen LogP contribution in [0, 0.1) is 17.6 Å². The monoisotopic (exact) mass is 472 g/mol. The summed E-state index contributed by atoms with van der Waals surface area (Å²) in [5.74, 6) is -0.826. The molecule has 35 heavy (non-hydrogen) atoms. The average Bonchev–Trinajstić information content (AvgIpc) is 3.55. The SMILES string of the molecule is O=C(NC1CC(=O)N(c2ccc3c(cnn3-c3ccc(F)cc3)c2)C1c1ccc(F)cc1)C1CC1. The van der Waals surface area contributed by atoms with E-state index < -0.39 is 12.1 Å². The Labute approximate surface area is 200 Å². The van der Waals surface area contributed by atoms with Crippen molar-refractivity contribution >= 4 is 28.4 Å². The van der Waals surface area contributed by atoms with Crippen LogP contribution in [-0.2, 0) is 9.59 Å². The summed E-state index contributed by atoms with van der Waals surface area (Å²) in [6.45, 7) is 0. The van der Waals surface area contributed by atoms with Gasteiger partial charge in [-0.05, 0) is 73.0 Å². The lowest BCUT2D eigenvalue weighted by atomic mass is 9.99. The molecule has 3 aromatic carbocycles. The van der Waals surface area contributed by atoms with E-state index in [1.807, 2.05) is 18.2 Å². The van der Waals surface area contributed by atoms with E-state index in [1.165, 1.54) is 24.3 Å². The van der Waals surface area contributed by atoms with Crippen molar-refractivity contribution < 1.29 is 18.4 Å². The number of carbonyl (C=O) groups excluding carboxylic acids is 2. The number of aromatic nitrogens is 2. The van der Waals surface area contributed by atoms with Crippen molar-refractivity contribution in [2.24, 2.45) is 5.92 Å². The van der Waals surface area contributed by atoms with Crippen LogP contribution in [0.5, 0.6) is 0 Å². The number of amides is 2. The zero-order chi connectivity index (χ0) is 24.1. The molecule has 6 rings (SSSR count). The van der Waals surface area contributed by atoms with Crippen LogP contribution >= 0.6 is 0 Å². The van der Waals surface area contributed by atoms with E-state index in [4.69, 9.17) is 0 Å². The fourth-order valence-electron chi connectivity index (χ4n) is 4.81. The molecule has 4 aromatic rings. The lowest BCUT2D eigenvalue weighted by Crippen LogP contribution is -2.40. The van der Waals surface area contributed by atoms with Crippen molar-refractivity contribution in [3.8, 4) is 5.69 Å². The van der Waals surface area contributed by atoms with E-state index >= 15 is 0 Å². The highest BCUT2D eigenvalue weighted by atomic mass is 19.1. The maximum atomic E-state index is 13.7. The average molecular weight is 472 g/mol. The third-order valence-corrected chi connectivity index (χ3v) is 6.71. The molecule has 1 saturated carbocycles. The molecule has 0 radical (unpaired) electrons. The molecule has 1 N–H and O–H groups in total. The molecule has 1 aliphatic carbocycles. The van der Waals surface area contributed by atoms with Crippen LogP contribution in [0.25, 0.3) is 16.6 Å². The minimum absolute atomic E-state index is 0.0154. The van der Waals surface area contributed by atoms with Crippen molar-refractivity contribution in [3.05, 3.63) is 90.1 Å². The Balaban J connectivity index is 1.38. The van der Waals surface area contributed by atoms with Crippen LogP contribution in [0.1, 0.15) is 30.9 Å². The minimum Gasteiger partial charge on any atom is -0.350 e. The summed E-state index contributed by atoms with van der Waals surface area (Å²) in [6, 6.07) is 16.8. The van der Waals surface area contributed by atoms with Crippen LogP contribution in [0.4, 0.5) is 14.5 Å². The highest BCUT2D eigenvalue weighted by Gasteiger charge is 2.44. The zero-order valence-corrected chi connectivity index (χ0v) is 18.7. The quantitative estimate of drug-likeness (QED) is 0.459. The second-order valence-corrected chi connectivity index (χ2v) is 9.13. The number of nitrogens with one attached hydrogen (secondary N) is 1. The van der Waals surface area contributed by atoms with Crippen LogP contribution in [0.2, 0.25) is 0 Å². The van der Waals surface area contributed by atoms with E-state index in [1.54, 1.807) is 40.0 Å². The van der Waals surface area contributed by atoms with Crippen molar-refractivity contribution in [1.29, 1.82) is 0 Å². The summed E-state index contributed by atoms with van der Waals surface area (Å²) in [7, 11) is 0. The third-order valence-electron chi connectivity index (χ3n) is 6.71. The van der Waals surface area contributed by atoms with Crippen LogP contribution in [-0.4, -0.2) is 27.6 Å². The van der Waals surface area contributed by atoms with Gasteiger partial charge >= 0.3 is 0 Å². The predicted octanol–water partition coefficient (Wildman–Crippen LogP) is 4.68. The second-order valence-electron chi connectivity index (χ2n) is 9.13. The van der Waals surface area contributed by atoms with Crippen molar-refractivity contribution in [1.82, 2.24) is 15.1 Å². The predicted molar refractivity (Wildman–Crippen MR) is 127 cm³/mol. The standard InChI is InChI=1S/C27H22F2N4O2/c28-19-5-3-16(4-6-19)26-23(31-27(35)17-1-2-17)14-25(34)32(26)22-11-12-24-18(13-22)15-30-33(24)21-9-7-20(29)8-10-21/h3-13,15,17,23,26H,1-2,14H2,(H,31,35). The molecule has 6 nitrogen and oxygen atoms in total. The first-order valence-electron chi connectivity index (χ1n) is 11.6. The van der Waals surface area contributed by atoms with Gasteiger partial charge in [-0.3, -0.25) is 9.59 Å². The maximum Gasteiger partial charge on any atom is 0.229 e. The molecule has 1 aliphatic heterocycles. The summed E-state index contributed by atoms with van der Waals surface area (Å²) >= 11 is 0. The van der Waals surface area contributed by atoms with Crippen LogP contribution in [0.3, 0.4) is 0 Å². The molecule has 0 bridgehead atoms. The lowest BCUT2D eigenvalue weighted by Gasteiger charge is -2.29. The molecule has 2 aliphatic rings. The Hall–Kier alpha value is -4.07. The van der Waals surface area contributed by atoms with Crippen molar-refractivity contribution in [3.63, 3.8) is 0 Å². The number of carbonyl (C=O) groups is 2. The maximum absolute atomic E-state index is 13.7. The first kappa shape index (κ1) is 21.5. The number of halogens is 2. The van der Waals surface area contributed by atoms with Gasteiger partial charge in [0.1, 0.15) is 11.6 Å². The second kappa shape index (κ2) is 8.30. The van der Waals surface area contributed by atoms with Gasteiger partial charge < -0.3 is 10.2 Å². The van der Waals surface area contributed by atoms with Gasteiger partial charge in [0.05, 0.1) is 29.5 Å².